The van der Waals surface area contributed by atoms with E-state index in [1.54, 1.807) is 14.2 Å². The fourth-order valence-corrected chi connectivity index (χ4v) is 7.60. The molecule has 0 spiro atoms. The van der Waals surface area contributed by atoms with Gasteiger partial charge in [-0.25, -0.2) is 0 Å². The van der Waals surface area contributed by atoms with Crippen LogP contribution in [-0.2, 0) is 12.8 Å². The summed E-state index contributed by atoms with van der Waals surface area (Å²) in [6.45, 7) is 21.3. The van der Waals surface area contributed by atoms with Crippen LogP contribution in [0.3, 0.4) is 0 Å². The monoisotopic (exact) mass is 838 g/mol. The van der Waals surface area contributed by atoms with Crippen molar-refractivity contribution in [3.05, 3.63) is 102 Å². The van der Waals surface area contributed by atoms with E-state index in [1.807, 2.05) is 19.1 Å². The van der Waals surface area contributed by atoms with Gasteiger partial charge in [0.1, 0.15) is 23.0 Å². The van der Waals surface area contributed by atoms with Crippen molar-refractivity contribution in [2.45, 2.75) is 138 Å². The average molecular weight is 839 g/mol. The van der Waals surface area contributed by atoms with Gasteiger partial charge in [0, 0.05) is 23.0 Å². The largest absolute Gasteiger partial charge is 2.00 e. The number of benzene rings is 2. The summed E-state index contributed by atoms with van der Waals surface area (Å²) in [5.74, 6) is 3.36. The normalized spacial score (nSPS) is 19.0. The van der Waals surface area contributed by atoms with Crippen molar-refractivity contribution in [3.8, 4) is 23.0 Å². The van der Waals surface area contributed by atoms with Crippen LogP contribution in [-0.4, -0.2) is 47.5 Å². The number of unbranched alkanes of at least 4 members (excludes halogenated alkanes) is 4. The Hall–Kier alpha value is -1.90. The fraction of sp³-hybridized carbons (Fsp3) is 0.543. The predicted octanol–water partition coefficient (Wildman–Crippen LogP) is 10.0. The van der Waals surface area contributed by atoms with Gasteiger partial charge in [0.25, 0.3) is 0 Å². The van der Waals surface area contributed by atoms with E-state index in [1.165, 1.54) is 60.0 Å². The number of aromatic hydroxyl groups is 2. The first-order valence-electron chi connectivity index (χ1n) is 18.4. The van der Waals surface area contributed by atoms with Gasteiger partial charge in [-0.05, 0) is 126 Å². The maximum Gasteiger partial charge on any atom is 2.00 e. The quantitative estimate of drug-likeness (QED) is 0.0655. The molecule has 0 aliphatic heterocycles. The minimum Gasteiger partial charge on any atom is -1.00 e. The maximum absolute atomic E-state index is 10.5. The SMILES string of the molecule is C.C=C(C)[C@@H]1CCC(C)=C[C@H]1c1c(O)cc(CCCCC)cc1O.C=C(C)[C@@H]1CCC(C)=C[C@H]1c1c(OC)cc(CCCCC)cc1OC.[CH3-].[I-].[Mg+2]. The summed E-state index contributed by atoms with van der Waals surface area (Å²) < 4.78 is 11.6. The topological polar surface area (TPSA) is 58.9 Å². The van der Waals surface area contributed by atoms with Gasteiger partial charge in [0.2, 0.25) is 0 Å². The molecule has 2 N–H and O–H groups in total. The number of methoxy groups -OCH3 is 2. The summed E-state index contributed by atoms with van der Waals surface area (Å²) >= 11 is 0. The first-order valence-corrected chi connectivity index (χ1v) is 18.4. The van der Waals surface area contributed by atoms with E-state index in [-0.39, 0.29) is 91.1 Å². The van der Waals surface area contributed by atoms with Crippen LogP contribution in [0.25, 0.3) is 0 Å². The molecule has 0 aromatic heterocycles. The van der Waals surface area contributed by atoms with Gasteiger partial charge in [-0.3, -0.25) is 0 Å². The minimum absolute atomic E-state index is 0. The summed E-state index contributed by atoms with van der Waals surface area (Å²) in [5.41, 5.74) is 9.27. The molecule has 2 aliphatic carbocycles. The number of aryl methyl sites for hydroxylation is 2. The Morgan fingerprint density at radius 1 is 0.692 bits per heavy atom. The number of hydrogen-bond donors (Lipinski definition) is 2. The standard InChI is InChI=1S/C23H34O2.C21H30O2.CH4.CH3.HI.Mg/c1-7-8-9-10-18-14-21(24-5)23(22(15-18)25-6)20-13-17(4)11-12-19(20)16(2)3;1-5-6-7-8-16-12-19(22)21(20(23)13-16)18-11-15(4)9-10-17(18)14(2)3;;;;/h13-15,19-20H,2,7-12H2,1,3-6H3;11-13,17-18,22-23H,2,5-10H2,1,3-4H3;1H4;1H3;1H;/q;;;-1;;+2/p-1/t19-,20+;17-,18+;;;;/m00..../s1. The molecule has 2 aromatic rings. The molecule has 4 rings (SSSR count). The minimum atomic E-state index is 0. The van der Waals surface area contributed by atoms with Gasteiger partial charge >= 0.3 is 23.1 Å². The molecule has 0 amide bonds. The first kappa shape index (κ1) is 52.2. The number of phenolic OH excluding ortho intramolecular Hbond substituents is 2. The van der Waals surface area contributed by atoms with Gasteiger partial charge in [-0.2, -0.15) is 0 Å². The zero-order chi connectivity index (χ0) is 35.4. The molecule has 6 heteroatoms. The molecule has 0 heterocycles. The van der Waals surface area contributed by atoms with Gasteiger partial charge in [0.15, 0.2) is 0 Å². The predicted molar refractivity (Wildman–Crippen MR) is 223 cm³/mol. The van der Waals surface area contributed by atoms with Crippen molar-refractivity contribution in [3.63, 3.8) is 0 Å². The Bertz CT molecular complexity index is 1410. The number of phenols is 2. The fourth-order valence-electron chi connectivity index (χ4n) is 7.60. The van der Waals surface area contributed by atoms with E-state index in [4.69, 9.17) is 9.47 Å². The third-order valence-corrected chi connectivity index (χ3v) is 10.4. The third kappa shape index (κ3) is 14.4. The second kappa shape index (κ2) is 26.0. The number of halogens is 1. The Balaban J connectivity index is 0. The van der Waals surface area contributed by atoms with Crippen LogP contribution in [0.5, 0.6) is 23.0 Å². The van der Waals surface area contributed by atoms with Crippen LogP contribution in [0.2, 0.25) is 0 Å². The Morgan fingerprint density at radius 3 is 1.40 bits per heavy atom. The molecule has 0 bridgehead atoms. The maximum atomic E-state index is 10.5. The number of rotatable bonds is 14. The third-order valence-electron chi connectivity index (χ3n) is 10.4. The van der Waals surface area contributed by atoms with Crippen LogP contribution in [0, 0.1) is 19.3 Å². The molecule has 52 heavy (non-hydrogen) atoms. The van der Waals surface area contributed by atoms with Crippen molar-refractivity contribution in [1.82, 2.24) is 0 Å². The number of allylic oxidation sites excluding steroid dienone is 6. The zero-order valence-corrected chi connectivity index (χ0v) is 37.0. The van der Waals surface area contributed by atoms with Crippen molar-refractivity contribution in [1.29, 1.82) is 0 Å². The second-order valence-corrected chi connectivity index (χ2v) is 14.4. The number of hydrogen-bond acceptors (Lipinski definition) is 4. The smallest absolute Gasteiger partial charge is 1.00 e. The first-order chi connectivity index (χ1) is 22.9. The van der Waals surface area contributed by atoms with Crippen molar-refractivity contribution in [2.75, 3.05) is 14.2 Å². The summed E-state index contributed by atoms with van der Waals surface area (Å²) in [7, 11) is 3.53. The van der Waals surface area contributed by atoms with Gasteiger partial charge in [-0.15, -0.1) is 0 Å². The summed E-state index contributed by atoms with van der Waals surface area (Å²) in [5, 5.41) is 21.1. The molecule has 288 valence electrons. The van der Waals surface area contributed by atoms with Crippen molar-refractivity contribution >= 4 is 23.1 Å². The molecule has 2 aliphatic rings. The molecule has 0 unspecified atom stereocenters. The van der Waals surface area contributed by atoms with Crippen LogP contribution in [0.15, 0.2) is 71.9 Å². The van der Waals surface area contributed by atoms with Crippen LogP contribution in [0.4, 0.5) is 0 Å². The summed E-state index contributed by atoms with van der Waals surface area (Å²) in [6, 6.07) is 8.08. The summed E-state index contributed by atoms with van der Waals surface area (Å²) in [4.78, 5) is 0. The van der Waals surface area contributed by atoms with Crippen LogP contribution < -0.4 is 33.5 Å². The molecule has 0 saturated carbocycles. The molecule has 0 fully saturated rings. The van der Waals surface area contributed by atoms with E-state index in [2.05, 4.69) is 72.1 Å². The average Bonchev–Trinajstić information content (AvgIpc) is 3.04. The van der Waals surface area contributed by atoms with Gasteiger partial charge < -0.3 is 51.1 Å². The van der Waals surface area contributed by atoms with Crippen LogP contribution >= 0.6 is 0 Å². The molecule has 4 nitrogen and oxygen atoms in total. The molecular weight excluding hydrogens is 768 g/mol. The molecular formula is C46H71IMgO4. The number of ether oxygens (including phenoxy) is 2. The van der Waals surface area contributed by atoms with E-state index < -0.39 is 0 Å². The van der Waals surface area contributed by atoms with E-state index in [0.717, 1.165) is 67.6 Å². The van der Waals surface area contributed by atoms with Crippen molar-refractivity contribution in [2.24, 2.45) is 11.8 Å². The van der Waals surface area contributed by atoms with Crippen molar-refractivity contribution < 1.29 is 43.7 Å². The molecule has 4 atom stereocenters. The van der Waals surface area contributed by atoms with E-state index >= 15 is 0 Å². The molecule has 0 radical (unpaired) electrons. The van der Waals surface area contributed by atoms with Gasteiger partial charge in [0.05, 0.1) is 14.2 Å². The Labute approximate surface area is 352 Å². The van der Waals surface area contributed by atoms with Crippen LogP contribution in [0.1, 0.15) is 147 Å². The summed E-state index contributed by atoms with van der Waals surface area (Å²) in [6.07, 6.45) is 18.1. The van der Waals surface area contributed by atoms with Gasteiger partial charge in [-0.1, -0.05) is 94.6 Å². The molecule has 0 saturated heterocycles. The Kier molecular flexibility index (Phi) is 26.1. The van der Waals surface area contributed by atoms with E-state index in [9.17, 15) is 10.2 Å². The zero-order valence-electron chi connectivity index (χ0n) is 33.5. The molecule has 2 aromatic carbocycles. The second-order valence-electron chi connectivity index (χ2n) is 14.4. The Morgan fingerprint density at radius 2 is 1.06 bits per heavy atom. The van der Waals surface area contributed by atoms with E-state index in [0.29, 0.717) is 11.5 Å².